The number of alkyl halides is 3. The second-order valence-electron chi connectivity index (χ2n) is 5.45. The van der Waals surface area contributed by atoms with Gasteiger partial charge in [-0.2, -0.15) is 18.2 Å². The second kappa shape index (κ2) is 8.68. The SMILES string of the molecule is CCCCCOc1nc(N(C)c2ccccc2I)ncc1C(F)(F)F. The predicted octanol–water partition coefficient (Wildman–Crippen LogP) is 5.44. The van der Waals surface area contributed by atoms with E-state index in [2.05, 4.69) is 32.6 Å². The van der Waals surface area contributed by atoms with Crippen molar-refractivity contribution in [2.24, 2.45) is 0 Å². The number of rotatable bonds is 7. The predicted molar refractivity (Wildman–Crippen MR) is 99.3 cm³/mol. The van der Waals surface area contributed by atoms with Crippen molar-refractivity contribution < 1.29 is 17.9 Å². The molecule has 1 heterocycles. The van der Waals surface area contributed by atoms with Gasteiger partial charge < -0.3 is 9.64 Å². The molecule has 4 nitrogen and oxygen atoms in total. The highest BCUT2D eigenvalue weighted by Gasteiger charge is 2.36. The van der Waals surface area contributed by atoms with Crippen molar-refractivity contribution in [3.8, 4) is 5.88 Å². The van der Waals surface area contributed by atoms with Gasteiger partial charge in [-0.3, -0.25) is 0 Å². The van der Waals surface area contributed by atoms with Gasteiger partial charge in [0.25, 0.3) is 0 Å². The molecule has 8 heteroatoms. The van der Waals surface area contributed by atoms with E-state index >= 15 is 0 Å². The molecule has 1 aromatic carbocycles. The van der Waals surface area contributed by atoms with Gasteiger partial charge in [-0.1, -0.05) is 31.9 Å². The molecule has 2 rings (SSSR count). The van der Waals surface area contributed by atoms with Crippen molar-refractivity contribution >= 4 is 34.2 Å². The molecule has 0 aliphatic carbocycles. The number of anilines is 2. The Morgan fingerprint density at radius 1 is 1.20 bits per heavy atom. The highest BCUT2D eigenvalue weighted by Crippen LogP contribution is 2.36. The van der Waals surface area contributed by atoms with E-state index in [0.717, 1.165) is 28.3 Å². The largest absolute Gasteiger partial charge is 0.477 e. The molecule has 0 N–H and O–H groups in total. The summed E-state index contributed by atoms with van der Waals surface area (Å²) < 4.78 is 45.8. The minimum atomic E-state index is -4.56. The molecule has 0 atom stereocenters. The first-order chi connectivity index (χ1) is 11.8. The van der Waals surface area contributed by atoms with Gasteiger partial charge in [-0.15, -0.1) is 0 Å². The van der Waals surface area contributed by atoms with Crippen molar-refractivity contribution in [2.45, 2.75) is 32.4 Å². The highest BCUT2D eigenvalue weighted by molar-refractivity contribution is 14.1. The van der Waals surface area contributed by atoms with E-state index in [1.54, 1.807) is 11.9 Å². The minimum absolute atomic E-state index is 0.155. The average molecular weight is 465 g/mol. The van der Waals surface area contributed by atoms with Crippen molar-refractivity contribution in [1.29, 1.82) is 0 Å². The Bertz CT molecular complexity index is 710. The number of para-hydroxylation sites is 1. The first-order valence-corrected chi connectivity index (χ1v) is 8.97. The number of benzene rings is 1. The number of hydrogen-bond donors (Lipinski definition) is 0. The Morgan fingerprint density at radius 2 is 1.92 bits per heavy atom. The van der Waals surface area contributed by atoms with Crippen LogP contribution in [-0.2, 0) is 6.18 Å². The lowest BCUT2D eigenvalue weighted by atomic mass is 10.2. The number of aromatic nitrogens is 2. The Labute approximate surface area is 158 Å². The van der Waals surface area contributed by atoms with Crippen LogP contribution < -0.4 is 9.64 Å². The molecule has 0 aliphatic rings. The first-order valence-electron chi connectivity index (χ1n) is 7.90. The van der Waals surface area contributed by atoms with E-state index in [4.69, 9.17) is 4.74 Å². The maximum absolute atomic E-state index is 13.2. The molecule has 0 bridgehead atoms. The molecular formula is C17H19F3IN3O. The summed E-state index contributed by atoms with van der Waals surface area (Å²) in [5.74, 6) is -0.269. The van der Waals surface area contributed by atoms with Crippen molar-refractivity contribution in [1.82, 2.24) is 9.97 Å². The van der Waals surface area contributed by atoms with Crippen molar-refractivity contribution in [3.05, 3.63) is 39.6 Å². The Balaban J connectivity index is 2.32. The zero-order valence-corrected chi connectivity index (χ0v) is 16.1. The molecule has 0 radical (unpaired) electrons. The molecule has 25 heavy (non-hydrogen) atoms. The fourth-order valence-electron chi connectivity index (χ4n) is 2.18. The average Bonchev–Trinajstić information content (AvgIpc) is 2.57. The molecule has 1 aromatic heterocycles. The normalized spacial score (nSPS) is 11.4. The standard InChI is InChI=1S/C17H19F3IN3O/c1-3-4-7-10-25-15-12(17(18,19)20)11-22-16(23-15)24(2)14-9-6-5-8-13(14)21/h5-6,8-9,11H,3-4,7,10H2,1-2H3. The van der Waals surface area contributed by atoms with Crippen LogP contribution in [0.5, 0.6) is 5.88 Å². The lowest BCUT2D eigenvalue weighted by Gasteiger charge is -2.20. The molecule has 0 aliphatic heterocycles. The van der Waals surface area contributed by atoms with Crippen LogP contribution in [-0.4, -0.2) is 23.6 Å². The van der Waals surface area contributed by atoms with Gasteiger partial charge >= 0.3 is 6.18 Å². The van der Waals surface area contributed by atoms with Crippen LogP contribution in [0.3, 0.4) is 0 Å². The molecule has 0 spiro atoms. The minimum Gasteiger partial charge on any atom is -0.477 e. The Morgan fingerprint density at radius 3 is 2.56 bits per heavy atom. The summed E-state index contributed by atoms with van der Waals surface area (Å²) in [4.78, 5) is 9.54. The van der Waals surface area contributed by atoms with Crippen LogP contribution in [0.2, 0.25) is 0 Å². The van der Waals surface area contributed by atoms with Gasteiger partial charge in [-0.05, 0) is 41.1 Å². The number of nitrogens with zero attached hydrogens (tertiary/aromatic N) is 3. The number of hydrogen-bond acceptors (Lipinski definition) is 4. The third-order valence-electron chi connectivity index (χ3n) is 3.55. The molecule has 0 saturated carbocycles. The smallest absolute Gasteiger partial charge is 0.423 e. The summed E-state index contributed by atoms with van der Waals surface area (Å²) in [5, 5.41) is 0. The van der Waals surface area contributed by atoms with E-state index in [1.165, 1.54) is 0 Å². The maximum atomic E-state index is 13.2. The van der Waals surface area contributed by atoms with E-state index in [-0.39, 0.29) is 12.6 Å². The van der Waals surface area contributed by atoms with Gasteiger partial charge in [-0.25, -0.2) is 4.98 Å². The van der Waals surface area contributed by atoms with Gasteiger partial charge in [0.15, 0.2) is 0 Å². The quantitative estimate of drug-likeness (QED) is 0.404. The van der Waals surface area contributed by atoms with Crippen LogP contribution in [0, 0.1) is 3.57 Å². The van der Waals surface area contributed by atoms with Gasteiger partial charge in [0, 0.05) is 16.8 Å². The zero-order chi connectivity index (χ0) is 18.4. The highest BCUT2D eigenvalue weighted by atomic mass is 127. The van der Waals surface area contributed by atoms with Crippen LogP contribution >= 0.6 is 22.6 Å². The number of unbranched alkanes of at least 4 members (excludes halogenated alkanes) is 2. The third kappa shape index (κ3) is 5.20. The van der Waals surface area contributed by atoms with Crippen LogP contribution in [0.15, 0.2) is 30.5 Å². The molecule has 2 aromatic rings. The second-order valence-corrected chi connectivity index (χ2v) is 6.61. The van der Waals surface area contributed by atoms with Crippen molar-refractivity contribution in [2.75, 3.05) is 18.6 Å². The lowest BCUT2D eigenvalue weighted by Crippen LogP contribution is -2.18. The maximum Gasteiger partial charge on any atom is 0.423 e. The molecule has 136 valence electrons. The Hall–Kier alpha value is -1.58. The van der Waals surface area contributed by atoms with Gasteiger partial charge in [0.1, 0.15) is 5.56 Å². The summed E-state index contributed by atoms with van der Waals surface area (Å²) >= 11 is 2.15. The van der Waals surface area contributed by atoms with E-state index < -0.39 is 17.6 Å². The number of halogens is 4. The number of ether oxygens (including phenoxy) is 1. The fraction of sp³-hybridized carbons (Fsp3) is 0.412. The molecule has 0 saturated heterocycles. The summed E-state index contributed by atoms with van der Waals surface area (Å²) in [7, 11) is 1.71. The lowest BCUT2D eigenvalue weighted by molar-refractivity contribution is -0.139. The van der Waals surface area contributed by atoms with Gasteiger partial charge in [0.2, 0.25) is 11.8 Å². The van der Waals surface area contributed by atoms with E-state index in [1.807, 2.05) is 31.2 Å². The molecule has 0 amide bonds. The summed E-state index contributed by atoms with van der Waals surface area (Å²) in [6.45, 7) is 2.21. The molecule has 0 fully saturated rings. The van der Waals surface area contributed by atoms with Gasteiger partial charge in [0.05, 0.1) is 12.3 Å². The summed E-state index contributed by atoms with van der Waals surface area (Å²) in [5.41, 5.74) is -0.149. The van der Waals surface area contributed by atoms with Crippen LogP contribution in [0.25, 0.3) is 0 Å². The van der Waals surface area contributed by atoms with E-state index in [0.29, 0.717) is 6.42 Å². The summed E-state index contributed by atoms with van der Waals surface area (Å²) in [6.07, 6.45) is -1.25. The third-order valence-corrected chi connectivity index (χ3v) is 4.46. The zero-order valence-electron chi connectivity index (χ0n) is 14.0. The monoisotopic (exact) mass is 465 g/mol. The van der Waals surface area contributed by atoms with Crippen molar-refractivity contribution in [3.63, 3.8) is 0 Å². The summed E-state index contributed by atoms with van der Waals surface area (Å²) in [6, 6.07) is 7.48. The fourth-order valence-corrected chi connectivity index (χ4v) is 2.93. The Kier molecular flexibility index (Phi) is 6.86. The van der Waals surface area contributed by atoms with Crippen LogP contribution in [0.4, 0.5) is 24.8 Å². The molecule has 0 unspecified atom stereocenters. The van der Waals surface area contributed by atoms with Crippen LogP contribution in [0.1, 0.15) is 31.7 Å². The first kappa shape index (κ1) is 19.7. The van der Waals surface area contributed by atoms with E-state index in [9.17, 15) is 13.2 Å². The topological polar surface area (TPSA) is 38.2 Å². The molecular weight excluding hydrogens is 446 g/mol.